The molecule has 1 aromatic carbocycles. The number of allylic oxidation sites excluding steroid dienone is 2. The number of benzene rings is 1. The van der Waals surface area contributed by atoms with Crippen LogP contribution in [0, 0.1) is 0 Å². The van der Waals surface area contributed by atoms with Crippen molar-refractivity contribution in [3.63, 3.8) is 0 Å². The molecule has 0 saturated heterocycles. The minimum absolute atomic E-state index is 0.0963. The molecule has 92 valence electrons. The van der Waals surface area contributed by atoms with Crippen LogP contribution in [0.4, 0.5) is 0 Å². The molecule has 0 bridgehead atoms. The normalized spacial score (nSPS) is 10.6. The molecule has 1 aromatic rings. The van der Waals surface area contributed by atoms with E-state index in [1.165, 1.54) is 5.56 Å². The number of carbonyl (C=O) groups excluding carboxylic acids is 1. The maximum atomic E-state index is 10.2. The van der Waals surface area contributed by atoms with E-state index in [-0.39, 0.29) is 6.42 Å². The van der Waals surface area contributed by atoms with Crippen LogP contribution in [0.15, 0.2) is 36.4 Å². The van der Waals surface area contributed by atoms with Crippen LogP contribution in [0.25, 0.3) is 0 Å². The molecule has 1 rings (SSSR count). The van der Waals surface area contributed by atoms with Crippen molar-refractivity contribution in [3.8, 4) is 5.75 Å². The molecule has 0 heterocycles. The van der Waals surface area contributed by atoms with Crippen molar-refractivity contribution in [1.29, 1.82) is 0 Å². The number of carbonyl (C=O) groups is 1. The molecule has 0 aromatic heterocycles. The van der Waals surface area contributed by atoms with E-state index in [1.807, 2.05) is 36.4 Å². The van der Waals surface area contributed by atoms with E-state index in [2.05, 4.69) is 0 Å². The number of methoxy groups -OCH3 is 1. The molecule has 0 fully saturated rings. The zero-order valence-corrected chi connectivity index (χ0v) is 10.0. The second-order valence-corrected chi connectivity index (χ2v) is 3.77. The van der Waals surface area contributed by atoms with Crippen LogP contribution in [0.5, 0.6) is 5.75 Å². The zero-order chi connectivity index (χ0) is 12.5. The van der Waals surface area contributed by atoms with Crippen molar-refractivity contribution in [3.05, 3.63) is 42.0 Å². The lowest BCUT2D eigenvalue weighted by Crippen LogP contribution is -2.21. The number of hydrogen-bond acceptors (Lipinski definition) is 3. The Morgan fingerprint density at radius 1 is 1.24 bits per heavy atom. The van der Waals surface area contributed by atoms with Gasteiger partial charge in [0.25, 0.3) is 0 Å². The van der Waals surface area contributed by atoms with Crippen LogP contribution < -0.4 is 9.84 Å². The smallest absolute Gasteiger partial charge is 0.118 e. The molecule has 0 unspecified atom stereocenters. The van der Waals surface area contributed by atoms with Gasteiger partial charge in [-0.25, -0.2) is 0 Å². The fourth-order valence-corrected chi connectivity index (χ4v) is 1.48. The van der Waals surface area contributed by atoms with Crippen LogP contribution in [-0.4, -0.2) is 13.1 Å². The predicted molar refractivity (Wildman–Crippen MR) is 64.7 cm³/mol. The van der Waals surface area contributed by atoms with Crippen LogP contribution in [0.3, 0.4) is 0 Å². The molecule has 3 nitrogen and oxygen atoms in total. The van der Waals surface area contributed by atoms with E-state index in [9.17, 15) is 9.90 Å². The number of aryl methyl sites for hydroxylation is 1. The summed E-state index contributed by atoms with van der Waals surface area (Å²) < 4.78 is 5.07. The van der Waals surface area contributed by atoms with Crippen LogP contribution in [-0.2, 0) is 11.2 Å². The maximum absolute atomic E-state index is 10.2. The van der Waals surface area contributed by atoms with Gasteiger partial charge in [-0.1, -0.05) is 24.3 Å². The lowest BCUT2D eigenvalue weighted by atomic mass is 10.1. The minimum atomic E-state index is -0.996. The van der Waals surface area contributed by atoms with E-state index >= 15 is 0 Å². The summed E-state index contributed by atoms with van der Waals surface area (Å²) in [5, 5.41) is 10.2. The van der Waals surface area contributed by atoms with Crippen molar-refractivity contribution in [2.45, 2.75) is 25.7 Å². The lowest BCUT2D eigenvalue weighted by molar-refractivity contribution is -0.305. The van der Waals surface area contributed by atoms with Gasteiger partial charge in [-0.2, -0.15) is 0 Å². The van der Waals surface area contributed by atoms with E-state index < -0.39 is 5.97 Å². The molecule has 0 aliphatic rings. The second kappa shape index (κ2) is 7.49. The van der Waals surface area contributed by atoms with Gasteiger partial charge in [0.05, 0.1) is 7.11 Å². The number of aliphatic carboxylic acids is 1. The highest BCUT2D eigenvalue weighted by atomic mass is 16.5. The van der Waals surface area contributed by atoms with Crippen molar-refractivity contribution >= 4 is 5.97 Å². The summed E-state index contributed by atoms with van der Waals surface area (Å²) in [5.74, 6) is -0.136. The van der Waals surface area contributed by atoms with Gasteiger partial charge >= 0.3 is 0 Å². The summed E-state index contributed by atoms with van der Waals surface area (Å²) in [6.07, 6.45) is 6.40. The summed E-state index contributed by atoms with van der Waals surface area (Å²) >= 11 is 0. The van der Waals surface area contributed by atoms with Gasteiger partial charge < -0.3 is 14.6 Å². The maximum Gasteiger partial charge on any atom is 0.118 e. The molecular formula is C14H17O3-. The third-order valence-corrected chi connectivity index (χ3v) is 2.44. The Kier molecular flexibility index (Phi) is 5.86. The Labute approximate surface area is 102 Å². The number of hydrogen-bond donors (Lipinski definition) is 0. The Bertz CT molecular complexity index is 366. The third-order valence-electron chi connectivity index (χ3n) is 2.44. The van der Waals surface area contributed by atoms with Crippen LogP contribution in [0.1, 0.15) is 24.8 Å². The topological polar surface area (TPSA) is 49.4 Å². The zero-order valence-electron chi connectivity index (χ0n) is 10.0. The average Bonchev–Trinajstić information content (AvgIpc) is 2.34. The summed E-state index contributed by atoms with van der Waals surface area (Å²) in [7, 11) is 1.65. The Morgan fingerprint density at radius 3 is 2.47 bits per heavy atom. The first-order chi connectivity index (χ1) is 8.22. The van der Waals surface area contributed by atoms with E-state index in [4.69, 9.17) is 4.74 Å². The van der Waals surface area contributed by atoms with Crippen molar-refractivity contribution in [2.24, 2.45) is 0 Å². The Morgan fingerprint density at radius 2 is 1.88 bits per heavy atom. The monoisotopic (exact) mass is 233 g/mol. The minimum Gasteiger partial charge on any atom is -0.550 e. The Balaban J connectivity index is 2.23. The molecule has 0 spiro atoms. The van der Waals surface area contributed by atoms with Gasteiger partial charge in [0.2, 0.25) is 0 Å². The molecule has 0 N–H and O–H groups in total. The lowest BCUT2D eigenvalue weighted by Gasteiger charge is -2.01. The molecule has 0 atom stereocenters. The van der Waals surface area contributed by atoms with Gasteiger partial charge in [-0.05, 0) is 43.4 Å². The molecule has 3 heteroatoms. The van der Waals surface area contributed by atoms with Crippen molar-refractivity contribution < 1.29 is 14.6 Å². The quantitative estimate of drug-likeness (QED) is 0.674. The van der Waals surface area contributed by atoms with Crippen LogP contribution >= 0.6 is 0 Å². The molecule has 0 saturated carbocycles. The van der Waals surface area contributed by atoms with Gasteiger partial charge in [0.15, 0.2) is 0 Å². The van der Waals surface area contributed by atoms with Crippen molar-refractivity contribution in [1.82, 2.24) is 0 Å². The first-order valence-corrected chi connectivity index (χ1v) is 5.70. The van der Waals surface area contributed by atoms with E-state index in [0.29, 0.717) is 6.42 Å². The van der Waals surface area contributed by atoms with Gasteiger partial charge in [0, 0.05) is 5.97 Å². The molecule has 17 heavy (non-hydrogen) atoms. The summed E-state index contributed by atoms with van der Waals surface area (Å²) in [6, 6.07) is 7.95. The second-order valence-electron chi connectivity index (χ2n) is 3.77. The SMILES string of the molecule is COc1ccc(CC/C=C/CCC(=O)[O-])cc1. The van der Waals surface area contributed by atoms with Crippen molar-refractivity contribution in [2.75, 3.05) is 7.11 Å². The molecule has 0 radical (unpaired) electrons. The summed E-state index contributed by atoms with van der Waals surface area (Å²) in [6.45, 7) is 0. The predicted octanol–water partition coefficient (Wildman–Crippen LogP) is 1.71. The van der Waals surface area contributed by atoms with E-state index in [1.54, 1.807) is 7.11 Å². The van der Waals surface area contributed by atoms with Crippen LogP contribution in [0.2, 0.25) is 0 Å². The number of carboxylic acids is 1. The van der Waals surface area contributed by atoms with Gasteiger partial charge in [-0.3, -0.25) is 0 Å². The molecular weight excluding hydrogens is 216 g/mol. The highest BCUT2D eigenvalue weighted by Crippen LogP contribution is 2.12. The molecule has 0 amide bonds. The van der Waals surface area contributed by atoms with Gasteiger partial charge in [0.1, 0.15) is 5.75 Å². The average molecular weight is 233 g/mol. The largest absolute Gasteiger partial charge is 0.550 e. The summed E-state index contributed by atoms with van der Waals surface area (Å²) in [4.78, 5) is 10.2. The highest BCUT2D eigenvalue weighted by molar-refractivity contribution is 5.64. The fraction of sp³-hybridized carbons (Fsp3) is 0.357. The molecule has 0 aliphatic carbocycles. The number of rotatable bonds is 7. The molecule has 0 aliphatic heterocycles. The third kappa shape index (κ3) is 5.76. The number of carboxylic acid groups (broad SMARTS) is 1. The Hall–Kier alpha value is -1.77. The first kappa shape index (κ1) is 13.3. The summed E-state index contributed by atoms with van der Waals surface area (Å²) in [5.41, 5.74) is 1.25. The highest BCUT2D eigenvalue weighted by Gasteiger charge is 1.92. The van der Waals surface area contributed by atoms with Gasteiger partial charge in [-0.15, -0.1) is 0 Å². The van der Waals surface area contributed by atoms with E-state index in [0.717, 1.165) is 18.6 Å². The standard InChI is InChI=1S/C14H18O3/c1-17-13-10-8-12(9-11-13)6-4-2-3-5-7-14(15)16/h2-3,8-11H,4-7H2,1H3,(H,15,16)/p-1/b3-2+. The first-order valence-electron chi connectivity index (χ1n) is 5.70. The fourth-order valence-electron chi connectivity index (χ4n) is 1.48. The number of ether oxygens (including phenoxy) is 1.